The molecule has 0 radical (unpaired) electrons. The fourth-order valence-electron chi connectivity index (χ4n) is 2.00. The lowest BCUT2D eigenvalue weighted by molar-refractivity contribution is 0.0210. The van der Waals surface area contributed by atoms with Crippen LogP contribution in [0.5, 0.6) is 0 Å². The van der Waals surface area contributed by atoms with Gasteiger partial charge in [-0.3, -0.25) is 0 Å². The minimum Gasteiger partial charge on any atom is -0.444 e. The average molecular weight is 283 g/mol. The SMILES string of the molecule is CC(C)(C)OC(=O)N1CCC(Nc2nccs2)CC1. The molecule has 1 N–H and O–H groups in total. The van der Waals surface area contributed by atoms with Gasteiger partial charge in [-0.25, -0.2) is 9.78 Å². The number of thiazole rings is 1. The fraction of sp³-hybridized carbons (Fsp3) is 0.692. The summed E-state index contributed by atoms with van der Waals surface area (Å²) in [5.74, 6) is 0. The van der Waals surface area contributed by atoms with Crippen LogP contribution in [-0.2, 0) is 4.74 Å². The molecule has 2 heterocycles. The smallest absolute Gasteiger partial charge is 0.410 e. The lowest BCUT2D eigenvalue weighted by Gasteiger charge is -2.33. The lowest BCUT2D eigenvalue weighted by Crippen LogP contribution is -2.44. The number of hydrogen-bond donors (Lipinski definition) is 1. The standard InChI is InChI=1S/C13H21N3O2S/c1-13(2,3)18-12(17)16-7-4-10(5-8-16)15-11-14-6-9-19-11/h6,9-10H,4-5,7-8H2,1-3H3,(H,14,15). The van der Waals surface area contributed by atoms with E-state index < -0.39 is 5.60 Å². The van der Waals surface area contributed by atoms with E-state index in [9.17, 15) is 4.79 Å². The zero-order valence-electron chi connectivity index (χ0n) is 11.7. The van der Waals surface area contributed by atoms with Gasteiger partial charge in [0, 0.05) is 30.7 Å². The first-order valence-electron chi connectivity index (χ1n) is 6.58. The van der Waals surface area contributed by atoms with Crippen LogP contribution in [0.1, 0.15) is 33.6 Å². The van der Waals surface area contributed by atoms with Crippen LogP contribution in [0.15, 0.2) is 11.6 Å². The van der Waals surface area contributed by atoms with Crippen molar-refractivity contribution in [1.82, 2.24) is 9.88 Å². The monoisotopic (exact) mass is 283 g/mol. The molecule has 1 aliphatic heterocycles. The Morgan fingerprint density at radius 1 is 1.47 bits per heavy atom. The van der Waals surface area contributed by atoms with E-state index in [-0.39, 0.29) is 6.09 Å². The molecule has 6 heteroatoms. The van der Waals surface area contributed by atoms with Gasteiger partial charge in [-0.15, -0.1) is 11.3 Å². The molecule has 0 bridgehead atoms. The van der Waals surface area contributed by atoms with Crippen molar-refractivity contribution in [3.05, 3.63) is 11.6 Å². The van der Waals surface area contributed by atoms with Crippen molar-refractivity contribution in [3.63, 3.8) is 0 Å². The number of ether oxygens (including phenoxy) is 1. The second-order valence-electron chi connectivity index (χ2n) is 5.72. The maximum absolute atomic E-state index is 11.9. The Balaban J connectivity index is 1.77. The van der Waals surface area contributed by atoms with Gasteiger partial charge >= 0.3 is 6.09 Å². The highest BCUT2D eigenvalue weighted by Gasteiger charge is 2.26. The van der Waals surface area contributed by atoms with E-state index in [0.29, 0.717) is 6.04 Å². The first-order chi connectivity index (χ1) is 8.94. The molecule has 0 spiro atoms. The third-order valence-corrected chi connectivity index (χ3v) is 3.61. The fourth-order valence-corrected chi connectivity index (χ4v) is 2.61. The molecule has 0 atom stereocenters. The predicted octanol–water partition coefficient (Wildman–Crippen LogP) is 2.95. The Labute approximate surface area is 118 Å². The van der Waals surface area contributed by atoms with E-state index in [2.05, 4.69) is 10.3 Å². The molecule has 0 unspecified atom stereocenters. The van der Waals surface area contributed by atoms with E-state index in [4.69, 9.17) is 4.74 Å². The maximum atomic E-state index is 11.9. The quantitative estimate of drug-likeness (QED) is 0.906. The average Bonchev–Trinajstić information content (AvgIpc) is 2.80. The minimum atomic E-state index is -0.424. The molecule has 0 saturated carbocycles. The summed E-state index contributed by atoms with van der Waals surface area (Å²) in [6.45, 7) is 7.14. The van der Waals surface area contributed by atoms with Gasteiger partial charge in [-0.1, -0.05) is 0 Å². The number of piperidine rings is 1. The molecule has 106 valence electrons. The van der Waals surface area contributed by atoms with Crippen molar-refractivity contribution in [2.75, 3.05) is 18.4 Å². The first kappa shape index (κ1) is 14.1. The van der Waals surface area contributed by atoms with Crippen LogP contribution < -0.4 is 5.32 Å². The molecule has 1 aromatic rings. The highest BCUT2D eigenvalue weighted by Crippen LogP contribution is 2.19. The summed E-state index contributed by atoms with van der Waals surface area (Å²) in [6.07, 6.45) is 3.45. The van der Waals surface area contributed by atoms with E-state index in [0.717, 1.165) is 31.1 Å². The Kier molecular flexibility index (Phi) is 4.29. The molecule has 0 aliphatic carbocycles. The van der Waals surface area contributed by atoms with Crippen molar-refractivity contribution < 1.29 is 9.53 Å². The maximum Gasteiger partial charge on any atom is 0.410 e. The van der Waals surface area contributed by atoms with Gasteiger partial charge in [-0.05, 0) is 33.6 Å². The van der Waals surface area contributed by atoms with Crippen LogP contribution >= 0.6 is 11.3 Å². The van der Waals surface area contributed by atoms with E-state index in [1.165, 1.54) is 0 Å². The van der Waals surface area contributed by atoms with Crippen LogP contribution in [0, 0.1) is 0 Å². The minimum absolute atomic E-state index is 0.208. The molecule has 1 aliphatic rings. The van der Waals surface area contributed by atoms with Crippen molar-refractivity contribution >= 4 is 22.6 Å². The van der Waals surface area contributed by atoms with Gasteiger partial charge in [0.05, 0.1) is 0 Å². The van der Waals surface area contributed by atoms with Gasteiger partial charge in [0.2, 0.25) is 0 Å². The van der Waals surface area contributed by atoms with Crippen LogP contribution in [-0.4, -0.2) is 40.7 Å². The molecule has 1 amide bonds. The van der Waals surface area contributed by atoms with Crippen molar-refractivity contribution in [2.45, 2.75) is 45.3 Å². The number of carbonyl (C=O) groups excluding carboxylic acids is 1. The molecule has 1 saturated heterocycles. The number of amides is 1. The van der Waals surface area contributed by atoms with Crippen molar-refractivity contribution in [3.8, 4) is 0 Å². The predicted molar refractivity (Wildman–Crippen MR) is 76.6 cm³/mol. The zero-order valence-corrected chi connectivity index (χ0v) is 12.5. The summed E-state index contributed by atoms with van der Waals surface area (Å²) >= 11 is 1.60. The summed E-state index contributed by atoms with van der Waals surface area (Å²) < 4.78 is 5.37. The molecule has 0 aromatic carbocycles. The Morgan fingerprint density at radius 3 is 2.68 bits per heavy atom. The molecule has 1 fully saturated rings. The second-order valence-corrected chi connectivity index (χ2v) is 6.62. The molecule has 19 heavy (non-hydrogen) atoms. The summed E-state index contributed by atoms with van der Waals surface area (Å²) in [5.41, 5.74) is -0.424. The van der Waals surface area contributed by atoms with E-state index in [1.54, 1.807) is 22.4 Å². The topological polar surface area (TPSA) is 54.5 Å². The van der Waals surface area contributed by atoms with Gasteiger partial charge in [-0.2, -0.15) is 0 Å². The normalized spacial score (nSPS) is 17.3. The largest absolute Gasteiger partial charge is 0.444 e. The molecule has 1 aromatic heterocycles. The Morgan fingerprint density at radius 2 is 2.16 bits per heavy atom. The van der Waals surface area contributed by atoms with Gasteiger partial charge in [0.1, 0.15) is 5.60 Å². The highest BCUT2D eigenvalue weighted by atomic mass is 32.1. The van der Waals surface area contributed by atoms with Crippen LogP contribution in [0.25, 0.3) is 0 Å². The van der Waals surface area contributed by atoms with Crippen LogP contribution in [0.3, 0.4) is 0 Å². The van der Waals surface area contributed by atoms with Gasteiger partial charge < -0.3 is 15.0 Å². The van der Waals surface area contributed by atoms with Crippen LogP contribution in [0.4, 0.5) is 9.93 Å². The molecule has 2 rings (SSSR count). The Hall–Kier alpha value is -1.30. The molecular formula is C13H21N3O2S. The third-order valence-electron chi connectivity index (χ3n) is 2.91. The molecule has 5 nitrogen and oxygen atoms in total. The van der Waals surface area contributed by atoms with Crippen LogP contribution in [0.2, 0.25) is 0 Å². The lowest BCUT2D eigenvalue weighted by atomic mass is 10.1. The van der Waals surface area contributed by atoms with Gasteiger partial charge in [0.25, 0.3) is 0 Å². The summed E-state index contributed by atoms with van der Waals surface area (Å²) in [5, 5.41) is 6.31. The number of carbonyl (C=O) groups is 1. The zero-order chi connectivity index (χ0) is 13.9. The number of nitrogens with zero attached hydrogens (tertiary/aromatic N) is 2. The van der Waals surface area contributed by atoms with Crippen molar-refractivity contribution in [2.24, 2.45) is 0 Å². The second kappa shape index (κ2) is 5.77. The first-order valence-corrected chi connectivity index (χ1v) is 7.46. The number of aromatic nitrogens is 1. The summed E-state index contributed by atoms with van der Waals surface area (Å²) in [6, 6.07) is 0.393. The number of anilines is 1. The van der Waals surface area contributed by atoms with E-state index >= 15 is 0 Å². The van der Waals surface area contributed by atoms with Gasteiger partial charge in [0.15, 0.2) is 5.13 Å². The number of likely N-dealkylation sites (tertiary alicyclic amines) is 1. The van der Waals surface area contributed by atoms with Crippen molar-refractivity contribution in [1.29, 1.82) is 0 Å². The number of nitrogens with one attached hydrogen (secondary N) is 1. The van der Waals surface area contributed by atoms with E-state index in [1.807, 2.05) is 26.2 Å². The third kappa shape index (κ3) is 4.38. The molecular weight excluding hydrogens is 262 g/mol. The highest BCUT2D eigenvalue weighted by molar-refractivity contribution is 7.13. The summed E-state index contributed by atoms with van der Waals surface area (Å²) in [4.78, 5) is 17.9. The number of hydrogen-bond acceptors (Lipinski definition) is 5. The summed E-state index contributed by atoms with van der Waals surface area (Å²) in [7, 11) is 0. The number of rotatable bonds is 2. The Bertz CT molecular complexity index is 406.